The van der Waals surface area contributed by atoms with E-state index in [0.717, 1.165) is 18.0 Å². The van der Waals surface area contributed by atoms with Crippen molar-refractivity contribution in [1.29, 1.82) is 0 Å². The van der Waals surface area contributed by atoms with Gasteiger partial charge in [0.25, 0.3) is 0 Å². The fourth-order valence-electron chi connectivity index (χ4n) is 4.39. The van der Waals surface area contributed by atoms with Gasteiger partial charge in [-0.05, 0) is 38.1 Å². The minimum absolute atomic E-state index is 0.527. The van der Waals surface area contributed by atoms with E-state index in [-0.39, 0.29) is 0 Å². The van der Waals surface area contributed by atoms with E-state index >= 15 is 0 Å². The Hall–Kier alpha value is -1.72. The minimum atomic E-state index is 0.527. The number of hydrogen-bond donors (Lipinski definition) is 1. The molecular weight excluding hydrogens is 324 g/mol. The van der Waals surface area contributed by atoms with Gasteiger partial charge in [-0.2, -0.15) is 4.98 Å². The highest BCUT2D eigenvalue weighted by atomic mass is 16.5. The zero-order chi connectivity index (χ0) is 17.6. The number of rotatable bonds is 6. The van der Waals surface area contributed by atoms with Gasteiger partial charge in [0.1, 0.15) is 0 Å². The summed E-state index contributed by atoms with van der Waals surface area (Å²) in [5, 5.41) is 7.74. The van der Waals surface area contributed by atoms with Crippen molar-refractivity contribution in [1.82, 2.24) is 20.4 Å². The lowest BCUT2D eigenvalue weighted by molar-refractivity contribution is 0.148. The highest BCUT2D eigenvalue weighted by Gasteiger charge is 2.23. The molecule has 1 aromatic carbocycles. The van der Waals surface area contributed by atoms with Crippen molar-refractivity contribution in [3.63, 3.8) is 0 Å². The SMILES string of the molecule is c1ccc(-c2noc(CN[C@H]3CCCN(CC4CCCCC4)C3)n2)cc1. The summed E-state index contributed by atoms with van der Waals surface area (Å²) in [6.45, 7) is 4.35. The van der Waals surface area contributed by atoms with Gasteiger partial charge < -0.3 is 14.7 Å². The van der Waals surface area contributed by atoms with Gasteiger partial charge in [0.15, 0.2) is 0 Å². The highest BCUT2D eigenvalue weighted by molar-refractivity contribution is 5.53. The van der Waals surface area contributed by atoms with Crippen LogP contribution in [0.5, 0.6) is 0 Å². The molecule has 1 atom stereocenters. The molecule has 26 heavy (non-hydrogen) atoms. The first-order chi connectivity index (χ1) is 12.9. The molecule has 4 rings (SSSR count). The third kappa shape index (κ3) is 4.71. The quantitative estimate of drug-likeness (QED) is 0.853. The Bertz CT molecular complexity index is 666. The minimum Gasteiger partial charge on any atom is -0.338 e. The molecule has 1 aliphatic heterocycles. The van der Waals surface area contributed by atoms with Crippen LogP contribution in [0.3, 0.4) is 0 Å². The summed E-state index contributed by atoms with van der Waals surface area (Å²) in [4.78, 5) is 7.19. The number of piperidine rings is 1. The number of likely N-dealkylation sites (tertiary alicyclic amines) is 1. The van der Waals surface area contributed by atoms with Gasteiger partial charge in [0, 0.05) is 24.7 Å². The summed E-state index contributed by atoms with van der Waals surface area (Å²) in [7, 11) is 0. The normalized spacial score (nSPS) is 22.5. The Kier molecular flexibility index (Phi) is 5.97. The Balaban J connectivity index is 1.26. The number of benzene rings is 1. The van der Waals surface area contributed by atoms with Gasteiger partial charge in [0.05, 0.1) is 6.54 Å². The summed E-state index contributed by atoms with van der Waals surface area (Å²) in [6, 6.07) is 10.5. The third-order valence-corrected chi connectivity index (χ3v) is 5.79. The summed E-state index contributed by atoms with van der Waals surface area (Å²) in [6.07, 6.45) is 9.68. The molecule has 1 N–H and O–H groups in total. The number of nitrogens with zero attached hydrogens (tertiary/aromatic N) is 3. The van der Waals surface area contributed by atoms with E-state index in [1.165, 1.54) is 58.0 Å². The van der Waals surface area contributed by atoms with Crippen LogP contribution in [0.2, 0.25) is 0 Å². The first-order valence-electron chi connectivity index (χ1n) is 10.2. The van der Waals surface area contributed by atoms with Crippen molar-refractivity contribution < 1.29 is 4.52 Å². The summed E-state index contributed by atoms with van der Waals surface area (Å²) in [5.74, 6) is 2.27. The standard InChI is InChI=1S/C21H30N4O/c1-3-8-17(9-4-1)15-25-13-7-12-19(16-25)22-14-20-23-21(24-26-20)18-10-5-2-6-11-18/h2,5-6,10-11,17,19,22H,1,3-4,7-9,12-16H2/t19-/m0/s1. The van der Waals surface area contributed by atoms with Crippen molar-refractivity contribution in [3.05, 3.63) is 36.2 Å². The van der Waals surface area contributed by atoms with Crippen LogP contribution in [-0.4, -0.2) is 40.7 Å². The molecule has 0 bridgehead atoms. The second-order valence-electron chi connectivity index (χ2n) is 7.86. The van der Waals surface area contributed by atoms with Crippen LogP contribution >= 0.6 is 0 Å². The Morgan fingerprint density at radius 3 is 2.73 bits per heavy atom. The molecular formula is C21H30N4O. The van der Waals surface area contributed by atoms with Crippen molar-refractivity contribution in [2.75, 3.05) is 19.6 Å². The molecule has 5 nitrogen and oxygen atoms in total. The van der Waals surface area contributed by atoms with Crippen LogP contribution in [0.1, 0.15) is 50.8 Å². The monoisotopic (exact) mass is 354 g/mol. The number of nitrogens with one attached hydrogen (secondary N) is 1. The molecule has 1 aliphatic carbocycles. The third-order valence-electron chi connectivity index (χ3n) is 5.79. The maximum atomic E-state index is 5.42. The van der Waals surface area contributed by atoms with E-state index in [1.54, 1.807) is 0 Å². The largest absolute Gasteiger partial charge is 0.338 e. The van der Waals surface area contributed by atoms with Crippen molar-refractivity contribution in [2.45, 2.75) is 57.5 Å². The Morgan fingerprint density at radius 2 is 1.88 bits per heavy atom. The topological polar surface area (TPSA) is 54.2 Å². The molecule has 2 fully saturated rings. The summed E-state index contributed by atoms with van der Waals surface area (Å²) in [5.41, 5.74) is 0.999. The lowest BCUT2D eigenvalue weighted by Crippen LogP contribution is -2.47. The molecule has 1 aromatic heterocycles. The summed E-state index contributed by atoms with van der Waals surface area (Å²) < 4.78 is 5.42. The van der Waals surface area contributed by atoms with Crippen LogP contribution < -0.4 is 5.32 Å². The van der Waals surface area contributed by atoms with Crippen molar-refractivity contribution >= 4 is 0 Å². The number of aromatic nitrogens is 2. The first-order valence-corrected chi connectivity index (χ1v) is 10.2. The molecule has 5 heteroatoms. The van der Waals surface area contributed by atoms with E-state index in [0.29, 0.717) is 24.3 Å². The molecule has 2 heterocycles. The van der Waals surface area contributed by atoms with Crippen LogP contribution in [0, 0.1) is 5.92 Å². The molecule has 140 valence electrons. The van der Waals surface area contributed by atoms with E-state index in [9.17, 15) is 0 Å². The first kappa shape index (κ1) is 17.7. The van der Waals surface area contributed by atoms with E-state index in [2.05, 4.69) is 20.4 Å². The second kappa shape index (κ2) is 8.78. The van der Waals surface area contributed by atoms with Crippen LogP contribution in [0.4, 0.5) is 0 Å². The molecule has 2 aliphatic rings. The molecule has 0 spiro atoms. The predicted octanol–water partition coefficient (Wildman–Crippen LogP) is 3.87. The molecule has 1 saturated heterocycles. The predicted molar refractivity (Wildman–Crippen MR) is 103 cm³/mol. The van der Waals surface area contributed by atoms with Crippen molar-refractivity contribution in [2.24, 2.45) is 5.92 Å². The van der Waals surface area contributed by atoms with Crippen molar-refractivity contribution in [3.8, 4) is 11.4 Å². The molecule has 0 radical (unpaired) electrons. The fraction of sp³-hybridized carbons (Fsp3) is 0.619. The molecule has 0 amide bonds. The average molecular weight is 354 g/mol. The van der Waals surface area contributed by atoms with Gasteiger partial charge in [-0.1, -0.05) is 54.8 Å². The molecule has 0 unspecified atom stereocenters. The smallest absolute Gasteiger partial charge is 0.240 e. The lowest BCUT2D eigenvalue weighted by atomic mass is 9.88. The van der Waals surface area contributed by atoms with Gasteiger partial charge in [-0.3, -0.25) is 0 Å². The van der Waals surface area contributed by atoms with Crippen LogP contribution in [-0.2, 0) is 6.54 Å². The second-order valence-corrected chi connectivity index (χ2v) is 7.86. The molecule has 2 aromatic rings. The average Bonchev–Trinajstić information content (AvgIpc) is 3.17. The van der Waals surface area contributed by atoms with Crippen LogP contribution in [0.25, 0.3) is 11.4 Å². The molecule has 1 saturated carbocycles. The maximum absolute atomic E-state index is 5.42. The van der Waals surface area contributed by atoms with Gasteiger partial charge >= 0.3 is 0 Å². The zero-order valence-corrected chi connectivity index (χ0v) is 15.6. The zero-order valence-electron chi connectivity index (χ0n) is 15.6. The fourth-order valence-corrected chi connectivity index (χ4v) is 4.39. The van der Waals surface area contributed by atoms with E-state index in [1.807, 2.05) is 30.3 Å². The van der Waals surface area contributed by atoms with Gasteiger partial charge in [-0.15, -0.1) is 0 Å². The van der Waals surface area contributed by atoms with E-state index < -0.39 is 0 Å². The van der Waals surface area contributed by atoms with Crippen LogP contribution in [0.15, 0.2) is 34.9 Å². The Labute approximate surface area is 156 Å². The van der Waals surface area contributed by atoms with Gasteiger partial charge in [0.2, 0.25) is 11.7 Å². The van der Waals surface area contributed by atoms with E-state index in [4.69, 9.17) is 4.52 Å². The maximum Gasteiger partial charge on any atom is 0.240 e. The lowest BCUT2D eigenvalue weighted by Gasteiger charge is -2.36. The van der Waals surface area contributed by atoms with Gasteiger partial charge in [-0.25, -0.2) is 0 Å². The number of hydrogen-bond acceptors (Lipinski definition) is 5. The summed E-state index contributed by atoms with van der Waals surface area (Å²) >= 11 is 0. The Morgan fingerprint density at radius 1 is 1.04 bits per heavy atom. The highest BCUT2D eigenvalue weighted by Crippen LogP contribution is 2.25.